The Labute approximate surface area is 196 Å². The van der Waals surface area contributed by atoms with E-state index in [4.69, 9.17) is 9.47 Å². The van der Waals surface area contributed by atoms with Gasteiger partial charge in [0, 0.05) is 24.7 Å². The quantitative estimate of drug-likeness (QED) is 0.418. The minimum atomic E-state index is -0.712. The van der Waals surface area contributed by atoms with Gasteiger partial charge in [0.15, 0.2) is 0 Å². The van der Waals surface area contributed by atoms with Crippen LogP contribution in [0.1, 0.15) is 107 Å². The van der Waals surface area contributed by atoms with E-state index < -0.39 is 29.6 Å². The Balaban J connectivity index is 2.36. The third kappa shape index (κ3) is 6.62. The highest BCUT2D eigenvalue weighted by Gasteiger charge is 2.52. The summed E-state index contributed by atoms with van der Waals surface area (Å²) in [6, 6.07) is 0. The zero-order valence-corrected chi connectivity index (χ0v) is 21.9. The van der Waals surface area contributed by atoms with Crippen LogP contribution in [0, 0.1) is 35.5 Å². The van der Waals surface area contributed by atoms with Crippen molar-refractivity contribution in [2.45, 2.75) is 130 Å². The van der Waals surface area contributed by atoms with Crippen molar-refractivity contribution < 1.29 is 24.5 Å². The van der Waals surface area contributed by atoms with Crippen LogP contribution in [0.25, 0.3) is 0 Å². The zero-order chi connectivity index (χ0) is 24.3. The fraction of sp³-hybridized carbons (Fsp3) is 0.963. The van der Waals surface area contributed by atoms with Gasteiger partial charge in [-0.2, -0.15) is 0 Å². The molecule has 2 N–H and O–H groups in total. The van der Waals surface area contributed by atoms with E-state index in [0.717, 1.165) is 38.5 Å². The molecule has 0 amide bonds. The Kier molecular flexibility index (Phi) is 9.50. The molecule has 2 aliphatic rings. The van der Waals surface area contributed by atoms with E-state index in [1.54, 1.807) is 13.8 Å². The van der Waals surface area contributed by atoms with Crippen molar-refractivity contribution in [1.82, 2.24) is 0 Å². The molecular weight excluding hydrogens is 404 g/mol. The van der Waals surface area contributed by atoms with Gasteiger partial charge in [-0.15, -0.1) is 0 Å². The van der Waals surface area contributed by atoms with Crippen molar-refractivity contribution in [2.24, 2.45) is 35.5 Å². The summed E-state index contributed by atoms with van der Waals surface area (Å²) >= 11 is 0. The molecule has 0 aliphatic heterocycles. The van der Waals surface area contributed by atoms with Crippen molar-refractivity contribution >= 4 is 6.16 Å². The van der Waals surface area contributed by atoms with Crippen LogP contribution < -0.4 is 0 Å². The lowest BCUT2D eigenvalue weighted by Gasteiger charge is -2.50. The average molecular weight is 455 g/mol. The lowest BCUT2D eigenvalue weighted by Crippen LogP contribution is -2.54. The zero-order valence-electron chi connectivity index (χ0n) is 21.9. The fourth-order valence-corrected chi connectivity index (χ4v) is 7.16. The first-order chi connectivity index (χ1) is 14.8. The lowest BCUT2D eigenvalue weighted by molar-refractivity contribution is -0.170. The molecule has 0 bridgehead atoms. The van der Waals surface area contributed by atoms with Crippen LogP contribution in [-0.4, -0.2) is 39.8 Å². The van der Waals surface area contributed by atoms with Crippen LogP contribution in [0.5, 0.6) is 0 Å². The largest absolute Gasteiger partial charge is 0.509 e. The number of carbonyl (C=O) groups excluding carboxylic acids is 1. The SMILES string of the molecule is CC(O)C[C@@]1(OC(=O)O[C@]2(CC(C)O)C[C@@H](C)CC[C@@H]2C(C)C)C[C@@H](C)CC[C@@H]1C(C)C. The van der Waals surface area contributed by atoms with E-state index in [9.17, 15) is 15.0 Å². The molecule has 8 atom stereocenters. The average Bonchev–Trinajstić information content (AvgIpc) is 2.58. The highest BCUT2D eigenvalue weighted by molar-refractivity contribution is 5.61. The number of aliphatic hydroxyl groups excluding tert-OH is 2. The van der Waals surface area contributed by atoms with Crippen LogP contribution in [0.3, 0.4) is 0 Å². The number of aliphatic hydroxyl groups is 2. The minimum Gasteiger partial charge on any atom is -0.427 e. The topological polar surface area (TPSA) is 76.0 Å². The molecule has 0 radical (unpaired) electrons. The Morgan fingerprint density at radius 3 is 1.38 bits per heavy atom. The van der Waals surface area contributed by atoms with Crippen LogP contribution in [0.15, 0.2) is 0 Å². The number of rotatable bonds is 8. The smallest absolute Gasteiger partial charge is 0.427 e. The second kappa shape index (κ2) is 11.1. The molecule has 2 fully saturated rings. The highest BCUT2D eigenvalue weighted by atomic mass is 16.7. The number of ether oxygens (including phenoxy) is 2. The summed E-state index contributed by atoms with van der Waals surface area (Å²) < 4.78 is 12.6. The van der Waals surface area contributed by atoms with Gasteiger partial charge in [0.25, 0.3) is 0 Å². The molecular formula is C27H50O5. The van der Waals surface area contributed by atoms with Crippen molar-refractivity contribution in [3.8, 4) is 0 Å². The standard InChI is InChI=1S/C27H50O5/c1-17(2)23-11-9-19(5)13-26(23,15-21(7)28)31-25(30)32-27(16-22(8)29)14-20(6)10-12-24(27)18(3)4/h17-24,28-29H,9-16H2,1-8H3/t19-,20-,21?,22?,23+,24+,26-,27-/m0/s1. The van der Waals surface area contributed by atoms with E-state index in [1.165, 1.54) is 0 Å². The van der Waals surface area contributed by atoms with Crippen LogP contribution >= 0.6 is 0 Å². The molecule has 0 aromatic rings. The summed E-state index contributed by atoms with van der Waals surface area (Å²) in [5.41, 5.74) is -1.42. The fourth-order valence-electron chi connectivity index (χ4n) is 7.16. The number of carbonyl (C=O) groups is 1. The van der Waals surface area contributed by atoms with Gasteiger partial charge >= 0.3 is 6.16 Å². The van der Waals surface area contributed by atoms with Gasteiger partial charge < -0.3 is 19.7 Å². The molecule has 5 nitrogen and oxygen atoms in total. The molecule has 188 valence electrons. The van der Waals surface area contributed by atoms with Crippen molar-refractivity contribution in [2.75, 3.05) is 0 Å². The molecule has 2 unspecified atom stereocenters. The maximum Gasteiger partial charge on any atom is 0.509 e. The molecule has 0 spiro atoms. The molecule has 2 aliphatic carbocycles. The summed E-state index contributed by atoms with van der Waals surface area (Å²) in [7, 11) is 0. The second-order valence-electron chi connectivity index (χ2n) is 12.2. The summed E-state index contributed by atoms with van der Waals surface area (Å²) in [4.78, 5) is 13.5. The van der Waals surface area contributed by atoms with Gasteiger partial charge in [-0.25, -0.2) is 4.79 Å². The van der Waals surface area contributed by atoms with Gasteiger partial charge in [0.05, 0.1) is 12.2 Å². The molecule has 2 rings (SSSR count). The van der Waals surface area contributed by atoms with Gasteiger partial charge in [0.1, 0.15) is 11.2 Å². The van der Waals surface area contributed by atoms with Gasteiger partial charge in [-0.1, -0.05) is 54.4 Å². The first kappa shape index (κ1) is 27.4. The third-order valence-electron chi connectivity index (χ3n) is 8.14. The number of hydrogen-bond acceptors (Lipinski definition) is 5. The summed E-state index contributed by atoms with van der Waals surface area (Å²) in [5.74, 6) is 1.94. The van der Waals surface area contributed by atoms with E-state index in [-0.39, 0.29) is 11.8 Å². The van der Waals surface area contributed by atoms with Crippen LogP contribution in [0.2, 0.25) is 0 Å². The first-order valence-electron chi connectivity index (χ1n) is 13.1. The summed E-state index contributed by atoms with van der Waals surface area (Å²) in [6.07, 6.45) is 4.84. The predicted molar refractivity (Wildman–Crippen MR) is 128 cm³/mol. The van der Waals surface area contributed by atoms with Crippen molar-refractivity contribution in [3.63, 3.8) is 0 Å². The Hall–Kier alpha value is -0.810. The van der Waals surface area contributed by atoms with Crippen molar-refractivity contribution in [3.05, 3.63) is 0 Å². The maximum atomic E-state index is 13.5. The monoisotopic (exact) mass is 454 g/mol. The molecule has 32 heavy (non-hydrogen) atoms. The molecule has 5 heteroatoms. The number of hydrogen-bond donors (Lipinski definition) is 2. The first-order valence-corrected chi connectivity index (χ1v) is 13.1. The second-order valence-corrected chi connectivity index (χ2v) is 12.2. The molecule has 0 heterocycles. The van der Waals surface area contributed by atoms with Crippen LogP contribution in [-0.2, 0) is 9.47 Å². The maximum absolute atomic E-state index is 13.5. The normalized spacial score (nSPS) is 37.9. The molecule has 0 aromatic carbocycles. The van der Waals surface area contributed by atoms with E-state index >= 15 is 0 Å². The highest BCUT2D eigenvalue weighted by Crippen LogP contribution is 2.49. The third-order valence-corrected chi connectivity index (χ3v) is 8.14. The summed E-state index contributed by atoms with van der Waals surface area (Å²) in [5, 5.41) is 20.7. The molecule has 0 saturated heterocycles. The Morgan fingerprint density at radius 2 is 1.09 bits per heavy atom. The molecule has 0 aromatic heterocycles. The Morgan fingerprint density at radius 1 is 0.750 bits per heavy atom. The van der Waals surface area contributed by atoms with Gasteiger partial charge in [0.2, 0.25) is 0 Å². The van der Waals surface area contributed by atoms with Crippen LogP contribution in [0.4, 0.5) is 4.79 Å². The van der Waals surface area contributed by atoms with Gasteiger partial charge in [-0.3, -0.25) is 0 Å². The van der Waals surface area contributed by atoms with E-state index in [1.807, 2.05) is 0 Å². The minimum absolute atomic E-state index is 0.194. The van der Waals surface area contributed by atoms with E-state index in [0.29, 0.717) is 36.5 Å². The Bertz CT molecular complexity index is 543. The van der Waals surface area contributed by atoms with Gasteiger partial charge in [-0.05, 0) is 63.2 Å². The lowest BCUT2D eigenvalue weighted by atomic mass is 9.64. The van der Waals surface area contributed by atoms with Crippen molar-refractivity contribution in [1.29, 1.82) is 0 Å². The predicted octanol–water partition coefficient (Wildman–Crippen LogP) is 6.34. The van der Waals surface area contributed by atoms with E-state index in [2.05, 4.69) is 41.5 Å². The summed E-state index contributed by atoms with van der Waals surface area (Å²) in [6.45, 7) is 16.7. The molecule has 2 saturated carbocycles.